The zero-order valence-corrected chi connectivity index (χ0v) is 10.4. The molecule has 2 aromatic rings. The van der Waals surface area contributed by atoms with Crippen LogP contribution in [0.4, 0.5) is 21.6 Å². The number of benzene rings is 1. The molecule has 98 valence electrons. The van der Waals surface area contributed by atoms with Crippen LogP contribution in [0.2, 0.25) is 5.02 Å². The molecule has 2 rings (SSSR count). The monoisotopic (exact) mass is 280 g/mol. The number of hydrogen-bond donors (Lipinski definition) is 3. The van der Waals surface area contributed by atoms with E-state index >= 15 is 0 Å². The molecule has 0 atom stereocenters. The summed E-state index contributed by atoms with van der Waals surface area (Å²) < 4.78 is 13.2. The first kappa shape index (κ1) is 13.1. The Morgan fingerprint density at radius 3 is 2.68 bits per heavy atom. The van der Waals surface area contributed by atoms with Gasteiger partial charge in [0.15, 0.2) is 0 Å². The van der Waals surface area contributed by atoms with Crippen molar-refractivity contribution in [2.75, 3.05) is 11.1 Å². The van der Waals surface area contributed by atoms with Gasteiger partial charge in [-0.15, -0.1) is 0 Å². The third-order valence-corrected chi connectivity index (χ3v) is 2.55. The van der Waals surface area contributed by atoms with Crippen LogP contribution in [-0.4, -0.2) is 10.9 Å². The maximum absolute atomic E-state index is 13.2. The number of primary amides is 1. The highest BCUT2D eigenvalue weighted by Crippen LogP contribution is 2.22. The molecule has 5 N–H and O–H groups in total. The number of nitrogens with zero attached hydrogens (tertiary/aromatic N) is 1. The van der Waals surface area contributed by atoms with Crippen LogP contribution in [0.1, 0.15) is 10.4 Å². The van der Waals surface area contributed by atoms with Crippen molar-refractivity contribution < 1.29 is 9.18 Å². The molecule has 0 radical (unpaired) electrons. The fourth-order valence-electron chi connectivity index (χ4n) is 1.52. The lowest BCUT2D eigenvalue weighted by Crippen LogP contribution is -2.14. The second-order valence-electron chi connectivity index (χ2n) is 3.80. The lowest BCUT2D eigenvalue weighted by Gasteiger charge is -2.08. The van der Waals surface area contributed by atoms with Gasteiger partial charge in [0.05, 0.1) is 17.4 Å². The number of nitrogen functional groups attached to an aromatic ring is 1. The Morgan fingerprint density at radius 1 is 1.32 bits per heavy atom. The predicted molar refractivity (Wildman–Crippen MR) is 71.9 cm³/mol. The second kappa shape index (κ2) is 5.11. The minimum Gasteiger partial charge on any atom is -0.397 e. The van der Waals surface area contributed by atoms with Crippen LogP contribution in [0.15, 0.2) is 30.5 Å². The molecule has 0 saturated heterocycles. The summed E-state index contributed by atoms with van der Waals surface area (Å²) in [6.07, 6.45) is 1.29. The van der Waals surface area contributed by atoms with E-state index < -0.39 is 11.7 Å². The van der Waals surface area contributed by atoms with Gasteiger partial charge in [-0.3, -0.25) is 4.79 Å². The number of halogens is 2. The van der Waals surface area contributed by atoms with Gasteiger partial charge in [-0.1, -0.05) is 11.6 Å². The van der Waals surface area contributed by atoms with E-state index in [-0.39, 0.29) is 16.3 Å². The number of aromatic nitrogens is 1. The van der Waals surface area contributed by atoms with Crippen LogP contribution in [0.5, 0.6) is 0 Å². The minimum absolute atomic E-state index is 0.139. The molecule has 19 heavy (non-hydrogen) atoms. The number of hydrogen-bond acceptors (Lipinski definition) is 4. The van der Waals surface area contributed by atoms with E-state index in [9.17, 15) is 9.18 Å². The number of anilines is 3. The summed E-state index contributed by atoms with van der Waals surface area (Å²) in [7, 11) is 0. The van der Waals surface area contributed by atoms with E-state index in [1.807, 2.05) is 0 Å². The Balaban J connectivity index is 2.33. The molecule has 0 saturated carbocycles. The van der Waals surface area contributed by atoms with E-state index in [4.69, 9.17) is 23.1 Å². The van der Waals surface area contributed by atoms with Crippen molar-refractivity contribution in [3.8, 4) is 0 Å². The van der Waals surface area contributed by atoms with E-state index in [2.05, 4.69) is 10.3 Å². The second-order valence-corrected chi connectivity index (χ2v) is 4.24. The average molecular weight is 281 g/mol. The van der Waals surface area contributed by atoms with E-state index in [1.165, 1.54) is 30.5 Å². The van der Waals surface area contributed by atoms with Gasteiger partial charge in [-0.25, -0.2) is 9.37 Å². The normalized spacial score (nSPS) is 10.2. The van der Waals surface area contributed by atoms with E-state index in [0.29, 0.717) is 11.5 Å². The molecule has 5 nitrogen and oxygen atoms in total. The number of carbonyl (C=O) groups is 1. The predicted octanol–water partition coefficient (Wildman–Crippen LogP) is 2.30. The van der Waals surface area contributed by atoms with Gasteiger partial charge in [0.1, 0.15) is 11.6 Å². The SMILES string of the molecule is NC(=O)c1cc(Nc2cc(F)cc(Cl)c2)ncc1N. The molecular formula is C12H10ClFN4O. The van der Waals surface area contributed by atoms with Gasteiger partial charge in [-0.05, 0) is 24.3 Å². The van der Waals surface area contributed by atoms with Crippen LogP contribution in [0.25, 0.3) is 0 Å². The van der Waals surface area contributed by atoms with Crippen molar-refractivity contribution in [2.24, 2.45) is 5.73 Å². The Labute approximate surface area is 113 Å². The third kappa shape index (κ3) is 3.11. The highest BCUT2D eigenvalue weighted by atomic mass is 35.5. The first-order valence-corrected chi connectivity index (χ1v) is 5.62. The summed E-state index contributed by atoms with van der Waals surface area (Å²) in [5, 5.41) is 3.05. The maximum atomic E-state index is 13.2. The highest BCUT2D eigenvalue weighted by Gasteiger charge is 2.08. The van der Waals surface area contributed by atoms with Crippen LogP contribution < -0.4 is 16.8 Å². The molecule has 0 bridgehead atoms. The molecule has 1 amide bonds. The Morgan fingerprint density at radius 2 is 2.05 bits per heavy atom. The molecule has 0 unspecified atom stereocenters. The van der Waals surface area contributed by atoms with Crippen molar-refractivity contribution >= 4 is 34.7 Å². The molecule has 0 aliphatic carbocycles. The van der Waals surface area contributed by atoms with Gasteiger partial charge in [0, 0.05) is 10.7 Å². The number of pyridine rings is 1. The van der Waals surface area contributed by atoms with Gasteiger partial charge >= 0.3 is 0 Å². The van der Waals surface area contributed by atoms with Gasteiger partial charge in [0.2, 0.25) is 0 Å². The lowest BCUT2D eigenvalue weighted by atomic mass is 10.2. The van der Waals surface area contributed by atoms with Crippen LogP contribution in [0.3, 0.4) is 0 Å². The number of nitrogens with one attached hydrogen (secondary N) is 1. The summed E-state index contributed by atoms with van der Waals surface area (Å²) in [6.45, 7) is 0. The first-order chi connectivity index (χ1) is 8.95. The van der Waals surface area contributed by atoms with Gasteiger partial charge in [-0.2, -0.15) is 0 Å². The summed E-state index contributed by atoms with van der Waals surface area (Å²) >= 11 is 5.73. The molecule has 0 aliphatic rings. The van der Waals surface area contributed by atoms with Crippen LogP contribution in [-0.2, 0) is 0 Å². The minimum atomic E-state index is -0.666. The summed E-state index contributed by atoms with van der Waals surface area (Å²) in [4.78, 5) is 15.1. The molecular weight excluding hydrogens is 271 g/mol. The standard InChI is InChI=1S/C12H10ClFN4O/c13-6-1-7(14)3-8(2-6)18-11-4-9(12(16)19)10(15)5-17-11/h1-5H,15H2,(H2,16,19)(H,17,18). The summed E-state index contributed by atoms with van der Waals surface area (Å²) in [5.41, 5.74) is 11.4. The average Bonchev–Trinajstić information content (AvgIpc) is 2.30. The molecule has 1 aromatic heterocycles. The quantitative estimate of drug-likeness (QED) is 0.804. The van der Waals surface area contributed by atoms with Crippen LogP contribution in [0, 0.1) is 5.82 Å². The molecule has 1 aromatic carbocycles. The Hall–Kier alpha value is -2.34. The van der Waals surface area contributed by atoms with Gasteiger partial charge < -0.3 is 16.8 Å². The summed E-state index contributed by atoms with van der Waals surface area (Å²) in [6, 6.07) is 5.33. The topological polar surface area (TPSA) is 94.0 Å². The van der Waals surface area contributed by atoms with Crippen molar-refractivity contribution in [3.63, 3.8) is 0 Å². The molecule has 7 heteroatoms. The molecule has 1 heterocycles. The smallest absolute Gasteiger partial charge is 0.250 e. The van der Waals surface area contributed by atoms with Gasteiger partial charge in [0.25, 0.3) is 5.91 Å². The molecule has 0 spiro atoms. The number of nitrogens with two attached hydrogens (primary N) is 2. The van der Waals surface area contributed by atoms with Crippen molar-refractivity contribution in [3.05, 3.63) is 46.9 Å². The van der Waals surface area contributed by atoms with E-state index in [0.717, 1.165) is 0 Å². The largest absolute Gasteiger partial charge is 0.397 e. The number of carbonyl (C=O) groups excluding carboxylic acids is 1. The Kier molecular flexibility index (Phi) is 3.52. The fourth-order valence-corrected chi connectivity index (χ4v) is 1.74. The maximum Gasteiger partial charge on any atom is 0.250 e. The first-order valence-electron chi connectivity index (χ1n) is 5.24. The summed E-state index contributed by atoms with van der Waals surface area (Å²) in [5.74, 6) is -0.842. The number of rotatable bonds is 3. The Bertz CT molecular complexity index is 627. The fraction of sp³-hybridized carbons (Fsp3) is 0. The zero-order chi connectivity index (χ0) is 14.0. The number of amides is 1. The third-order valence-electron chi connectivity index (χ3n) is 2.34. The molecule has 0 fully saturated rings. The molecule has 0 aliphatic heterocycles. The van der Waals surface area contributed by atoms with Crippen LogP contribution >= 0.6 is 11.6 Å². The van der Waals surface area contributed by atoms with Crippen molar-refractivity contribution in [1.82, 2.24) is 4.98 Å². The van der Waals surface area contributed by atoms with Crippen molar-refractivity contribution in [2.45, 2.75) is 0 Å². The van der Waals surface area contributed by atoms with Crippen molar-refractivity contribution in [1.29, 1.82) is 0 Å². The lowest BCUT2D eigenvalue weighted by molar-refractivity contribution is 0.100. The van der Waals surface area contributed by atoms with E-state index in [1.54, 1.807) is 0 Å². The zero-order valence-electron chi connectivity index (χ0n) is 9.65. The highest BCUT2D eigenvalue weighted by molar-refractivity contribution is 6.30.